The van der Waals surface area contributed by atoms with Crippen molar-refractivity contribution in [2.75, 3.05) is 72.6 Å². The summed E-state index contributed by atoms with van der Waals surface area (Å²) in [5.74, 6) is 0.122. The highest BCUT2D eigenvalue weighted by Gasteiger charge is 2.03. The van der Waals surface area contributed by atoms with Gasteiger partial charge in [-0.3, -0.25) is 9.48 Å². The third-order valence-electron chi connectivity index (χ3n) is 4.79. The van der Waals surface area contributed by atoms with Gasteiger partial charge in [0.1, 0.15) is 5.69 Å². The van der Waals surface area contributed by atoms with Crippen molar-refractivity contribution in [3.05, 3.63) is 11.9 Å². The fourth-order valence-corrected chi connectivity index (χ4v) is 3.01. The number of aryl methyl sites for hydroxylation is 1. The number of aromatic nitrogens is 3. The van der Waals surface area contributed by atoms with Crippen LogP contribution in [0.5, 0.6) is 0 Å². The summed E-state index contributed by atoms with van der Waals surface area (Å²) in [4.78, 5) is 11.4. The second-order valence-corrected chi connectivity index (χ2v) is 8.35. The number of amides is 1. The molecule has 11 heteroatoms. The summed E-state index contributed by atoms with van der Waals surface area (Å²) in [6.07, 6.45) is 5.33. The van der Waals surface area contributed by atoms with Crippen molar-refractivity contribution < 1.29 is 28.5 Å². The van der Waals surface area contributed by atoms with Crippen LogP contribution in [-0.4, -0.2) is 99.5 Å². The predicted octanol–water partition coefficient (Wildman–Crippen LogP) is 1.56. The lowest BCUT2D eigenvalue weighted by molar-refractivity contribution is -0.121. The van der Waals surface area contributed by atoms with E-state index < -0.39 is 0 Å². The number of nitrogens with one attached hydrogen (secondary N) is 2. The molecular weight excluding hydrogens is 454 g/mol. The van der Waals surface area contributed by atoms with Crippen LogP contribution in [0.1, 0.15) is 52.1 Å². The van der Waals surface area contributed by atoms with Crippen LogP contribution in [0.2, 0.25) is 0 Å². The fourth-order valence-electron chi connectivity index (χ4n) is 3.01. The monoisotopic (exact) mass is 501 g/mol. The third-order valence-corrected chi connectivity index (χ3v) is 4.79. The third kappa shape index (κ3) is 20.3. The number of carbonyl (C=O) groups is 1. The second kappa shape index (κ2) is 22.8. The summed E-state index contributed by atoms with van der Waals surface area (Å²) in [7, 11) is 0. The van der Waals surface area contributed by atoms with Crippen LogP contribution < -0.4 is 10.6 Å². The van der Waals surface area contributed by atoms with Gasteiger partial charge in [0, 0.05) is 32.1 Å². The van der Waals surface area contributed by atoms with Gasteiger partial charge in [-0.05, 0) is 19.8 Å². The number of rotatable bonds is 25. The number of hydrogen-bond acceptors (Lipinski definition) is 9. The molecule has 0 aromatic carbocycles. The Morgan fingerprint density at radius 2 is 1.49 bits per heavy atom. The van der Waals surface area contributed by atoms with Crippen molar-refractivity contribution in [2.24, 2.45) is 0 Å². The Bertz CT molecular complexity index is 617. The van der Waals surface area contributed by atoms with Crippen molar-refractivity contribution in [3.8, 4) is 0 Å². The largest absolute Gasteiger partial charge is 0.378 e. The molecule has 1 amide bonds. The average molecular weight is 502 g/mol. The smallest absolute Gasteiger partial charge is 0.219 e. The quantitative estimate of drug-likeness (QED) is 0.192. The summed E-state index contributed by atoms with van der Waals surface area (Å²) in [6.45, 7) is 13.9. The minimum Gasteiger partial charge on any atom is -0.378 e. The van der Waals surface area contributed by atoms with Crippen molar-refractivity contribution in [2.45, 2.75) is 65.6 Å². The summed E-state index contributed by atoms with van der Waals surface area (Å²) >= 11 is 0. The van der Waals surface area contributed by atoms with Crippen LogP contribution >= 0.6 is 0 Å². The van der Waals surface area contributed by atoms with E-state index in [9.17, 15) is 4.79 Å². The van der Waals surface area contributed by atoms with Gasteiger partial charge in [0.05, 0.1) is 72.3 Å². The maximum atomic E-state index is 11.4. The molecule has 0 saturated carbocycles. The summed E-state index contributed by atoms with van der Waals surface area (Å²) in [6, 6.07) is 0.483. The highest BCUT2D eigenvalue weighted by Crippen LogP contribution is 2.03. The van der Waals surface area contributed by atoms with Crippen molar-refractivity contribution in [3.63, 3.8) is 0 Å². The van der Waals surface area contributed by atoms with E-state index in [1.54, 1.807) is 0 Å². The Labute approximate surface area is 210 Å². The van der Waals surface area contributed by atoms with Crippen LogP contribution in [0.3, 0.4) is 0 Å². The Morgan fingerprint density at radius 1 is 0.886 bits per heavy atom. The predicted molar refractivity (Wildman–Crippen MR) is 133 cm³/mol. The Hall–Kier alpha value is -1.63. The molecule has 1 heterocycles. The standard InChI is InChI=1S/C24H47N5O6/c1-4-25-24(30)8-6-5-7-10-29-20-23(27-28-29)21-35-19-18-34-17-16-33-15-14-32-13-12-31-11-9-26-22(2)3/h20,22,26H,4-19,21H2,1-3H3,(H,25,30). The molecule has 0 fully saturated rings. The van der Waals surface area contributed by atoms with Crippen LogP contribution in [0.25, 0.3) is 0 Å². The van der Waals surface area contributed by atoms with Crippen LogP contribution in [0.15, 0.2) is 6.20 Å². The van der Waals surface area contributed by atoms with Crippen LogP contribution in [-0.2, 0) is 41.6 Å². The summed E-state index contributed by atoms with van der Waals surface area (Å²) in [5, 5.41) is 14.3. The molecule has 35 heavy (non-hydrogen) atoms. The van der Waals surface area contributed by atoms with E-state index in [1.165, 1.54) is 0 Å². The summed E-state index contributed by atoms with van der Waals surface area (Å²) in [5.41, 5.74) is 0.799. The fraction of sp³-hybridized carbons (Fsp3) is 0.875. The first-order chi connectivity index (χ1) is 17.1. The highest BCUT2D eigenvalue weighted by molar-refractivity contribution is 5.75. The molecule has 0 unspecified atom stereocenters. The maximum absolute atomic E-state index is 11.4. The molecule has 1 rings (SSSR count). The molecule has 0 aliphatic heterocycles. The molecule has 0 aliphatic carbocycles. The number of unbranched alkanes of at least 4 members (excludes halogenated alkanes) is 2. The molecule has 2 N–H and O–H groups in total. The Kier molecular flexibility index (Phi) is 20.5. The lowest BCUT2D eigenvalue weighted by Crippen LogP contribution is -2.27. The molecule has 0 bridgehead atoms. The number of nitrogens with zero attached hydrogens (tertiary/aromatic N) is 3. The molecule has 0 radical (unpaired) electrons. The molecule has 204 valence electrons. The van der Waals surface area contributed by atoms with E-state index in [2.05, 4.69) is 34.8 Å². The van der Waals surface area contributed by atoms with Crippen molar-refractivity contribution in [1.29, 1.82) is 0 Å². The van der Waals surface area contributed by atoms with Gasteiger partial charge in [-0.1, -0.05) is 25.5 Å². The molecule has 0 atom stereocenters. The van der Waals surface area contributed by atoms with Gasteiger partial charge < -0.3 is 34.3 Å². The van der Waals surface area contributed by atoms with E-state index in [-0.39, 0.29) is 5.91 Å². The topological polar surface area (TPSA) is 118 Å². The number of carbonyl (C=O) groups excluding carboxylic acids is 1. The zero-order valence-electron chi connectivity index (χ0n) is 22.0. The van der Waals surface area contributed by atoms with E-state index in [4.69, 9.17) is 23.7 Å². The van der Waals surface area contributed by atoms with Gasteiger partial charge in [0.2, 0.25) is 5.91 Å². The normalized spacial score (nSPS) is 11.4. The first kappa shape index (κ1) is 31.4. The molecular formula is C24H47N5O6. The highest BCUT2D eigenvalue weighted by atomic mass is 16.6. The second-order valence-electron chi connectivity index (χ2n) is 8.35. The molecule has 0 spiro atoms. The van der Waals surface area contributed by atoms with E-state index in [0.717, 1.165) is 38.0 Å². The number of ether oxygens (including phenoxy) is 5. The van der Waals surface area contributed by atoms with Gasteiger partial charge >= 0.3 is 0 Å². The van der Waals surface area contributed by atoms with Crippen LogP contribution in [0.4, 0.5) is 0 Å². The maximum Gasteiger partial charge on any atom is 0.219 e. The Balaban J connectivity index is 1.82. The zero-order chi connectivity index (χ0) is 25.4. The number of hydrogen-bond donors (Lipinski definition) is 2. The SMILES string of the molecule is CCNC(=O)CCCCCn1cc(COCCOCCOCCOCCOCCNC(C)C)nn1. The average Bonchev–Trinajstić information content (AvgIpc) is 3.28. The van der Waals surface area contributed by atoms with Gasteiger partial charge in [-0.2, -0.15) is 0 Å². The first-order valence-corrected chi connectivity index (χ1v) is 12.9. The molecule has 0 aliphatic rings. The minimum atomic E-state index is 0.122. The van der Waals surface area contributed by atoms with Gasteiger partial charge in [-0.15, -0.1) is 5.10 Å². The van der Waals surface area contributed by atoms with E-state index >= 15 is 0 Å². The van der Waals surface area contributed by atoms with Crippen molar-refractivity contribution >= 4 is 5.91 Å². The van der Waals surface area contributed by atoms with E-state index in [0.29, 0.717) is 85.1 Å². The lowest BCUT2D eigenvalue weighted by Gasteiger charge is -2.09. The van der Waals surface area contributed by atoms with Gasteiger partial charge in [-0.25, -0.2) is 0 Å². The molecule has 11 nitrogen and oxygen atoms in total. The minimum absolute atomic E-state index is 0.122. The first-order valence-electron chi connectivity index (χ1n) is 12.9. The zero-order valence-corrected chi connectivity index (χ0v) is 22.0. The lowest BCUT2D eigenvalue weighted by atomic mass is 10.2. The summed E-state index contributed by atoms with van der Waals surface area (Å²) < 4.78 is 29.3. The van der Waals surface area contributed by atoms with Gasteiger partial charge in [0.15, 0.2) is 0 Å². The molecule has 0 saturated heterocycles. The molecule has 1 aromatic rings. The van der Waals surface area contributed by atoms with E-state index in [1.807, 2.05) is 17.8 Å². The van der Waals surface area contributed by atoms with Crippen molar-refractivity contribution in [1.82, 2.24) is 25.6 Å². The van der Waals surface area contributed by atoms with Crippen LogP contribution in [0, 0.1) is 0 Å². The van der Waals surface area contributed by atoms with Gasteiger partial charge in [0.25, 0.3) is 0 Å². The molecule has 1 aromatic heterocycles. The Morgan fingerprint density at radius 3 is 2.09 bits per heavy atom.